The van der Waals surface area contributed by atoms with E-state index in [0.29, 0.717) is 30.5 Å². The quantitative estimate of drug-likeness (QED) is 0.514. The predicted octanol–water partition coefficient (Wildman–Crippen LogP) is 3.28. The second kappa shape index (κ2) is 7.87. The highest BCUT2D eigenvalue weighted by Gasteiger charge is 2.39. The molecule has 1 saturated heterocycles. The van der Waals surface area contributed by atoms with Gasteiger partial charge in [-0.15, -0.1) is 0 Å². The van der Waals surface area contributed by atoms with Crippen molar-refractivity contribution in [1.29, 1.82) is 0 Å². The van der Waals surface area contributed by atoms with Crippen LogP contribution in [-0.2, 0) is 4.79 Å². The average molecular weight is 397 g/mol. The van der Waals surface area contributed by atoms with Crippen molar-refractivity contribution in [2.75, 3.05) is 13.1 Å². The number of carbonyl (C=O) groups excluding carboxylic acids is 1. The first-order valence-corrected chi connectivity index (χ1v) is 9.78. The second-order valence-corrected chi connectivity index (χ2v) is 7.24. The van der Waals surface area contributed by atoms with Crippen molar-refractivity contribution in [3.05, 3.63) is 96.3 Å². The van der Waals surface area contributed by atoms with Crippen LogP contribution in [0.2, 0.25) is 0 Å². The summed E-state index contributed by atoms with van der Waals surface area (Å²) in [5.74, 6) is 0.715. The molecule has 2 aromatic carbocycles. The van der Waals surface area contributed by atoms with Crippen LogP contribution in [0, 0.1) is 0 Å². The molecule has 2 aromatic heterocycles. The normalized spacial score (nSPS) is 14.0. The minimum atomic E-state index is -0.328. The Kier molecular flexibility index (Phi) is 4.77. The third-order valence-electron chi connectivity index (χ3n) is 5.29. The number of amides is 1. The minimum absolute atomic E-state index is 0.0269. The molecule has 0 saturated carbocycles. The first-order valence-electron chi connectivity index (χ1n) is 9.78. The number of carbonyl (C=O) groups is 1. The summed E-state index contributed by atoms with van der Waals surface area (Å²) >= 11 is 0. The summed E-state index contributed by atoms with van der Waals surface area (Å²) in [4.78, 5) is 27.9. The van der Waals surface area contributed by atoms with Crippen molar-refractivity contribution in [2.24, 2.45) is 0 Å². The van der Waals surface area contributed by atoms with Crippen LogP contribution in [0.1, 0.15) is 28.9 Å². The highest BCUT2D eigenvalue weighted by atomic mass is 16.5. The van der Waals surface area contributed by atoms with Gasteiger partial charge in [-0.2, -0.15) is 4.98 Å². The first kappa shape index (κ1) is 18.2. The molecular formula is C23H19N5O2. The van der Waals surface area contributed by atoms with E-state index in [2.05, 4.69) is 20.1 Å². The van der Waals surface area contributed by atoms with Crippen LogP contribution in [0.15, 0.2) is 83.8 Å². The Hall–Kier alpha value is -3.87. The molecule has 1 amide bonds. The zero-order valence-electron chi connectivity index (χ0n) is 16.1. The van der Waals surface area contributed by atoms with E-state index < -0.39 is 0 Å². The molecule has 1 fully saturated rings. The van der Waals surface area contributed by atoms with Gasteiger partial charge in [0, 0.05) is 25.5 Å². The maximum atomic E-state index is 13.4. The van der Waals surface area contributed by atoms with Gasteiger partial charge in [-0.05, 0) is 11.1 Å². The summed E-state index contributed by atoms with van der Waals surface area (Å²) in [6.07, 6.45) is 4.77. The summed E-state index contributed by atoms with van der Waals surface area (Å²) < 4.78 is 5.41. The molecule has 4 aromatic rings. The summed E-state index contributed by atoms with van der Waals surface area (Å²) in [5.41, 5.74) is 2.53. The van der Waals surface area contributed by atoms with Crippen LogP contribution >= 0.6 is 0 Å². The van der Waals surface area contributed by atoms with Crippen molar-refractivity contribution >= 4 is 5.91 Å². The fourth-order valence-electron chi connectivity index (χ4n) is 3.69. The van der Waals surface area contributed by atoms with E-state index in [9.17, 15) is 4.79 Å². The third kappa shape index (κ3) is 3.45. The standard InChI is InChI=1S/C23H19N5O2/c29-23(20(16-7-3-1-4-8-16)17-9-5-2-6-10-17)28-14-18(15-28)22-26-21(27-30-22)19-13-24-11-12-25-19/h1-13,18,20H,14-15H2. The number of nitrogens with zero attached hydrogens (tertiary/aromatic N) is 5. The number of hydrogen-bond donors (Lipinski definition) is 0. The molecule has 0 aliphatic carbocycles. The van der Waals surface area contributed by atoms with Crippen molar-refractivity contribution in [3.63, 3.8) is 0 Å². The van der Waals surface area contributed by atoms with E-state index in [1.807, 2.05) is 65.6 Å². The van der Waals surface area contributed by atoms with Crippen LogP contribution in [0.5, 0.6) is 0 Å². The molecular weight excluding hydrogens is 378 g/mol. The number of benzene rings is 2. The zero-order valence-corrected chi connectivity index (χ0v) is 16.1. The van der Waals surface area contributed by atoms with Gasteiger partial charge in [-0.25, -0.2) is 4.98 Å². The summed E-state index contributed by atoms with van der Waals surface area (Å²) in [7, 11) is 0. The molecule has 1 aliphatic rings. The molecule has 0 radical (unpaired) electrons. The summed E-state index contributed by atoms with van der Waals surface area (Å²) in [6, 6.07) is 19.8. The lowest BCUT2D eigenvalue weighted by Crippen LogP contribution is -2.50. The van der Waals surface area contributed by atoms with Gasteiger partial charge >= 0.3 is 0 Å². The number of aromatic nitrogens is 4. The van der Waals surface area contributed by atoms with Crippen LogP contribution in [0.3, 0.4) is 0 Å². The van der Waals surface area contributed by atoms with Crippen LogP contribution in [0.4, 0.5) is 0 Å². The lowest BCUT2D eigenvalue weighted by Gasteiger charge is -2.39. The van der Waals surface area contributed by atoms with Crippen molar-refractivity contribution in [1.82, 2.24) is 25.0 Å². The maximum absolute atomic E-state index is 13.4. The Balaban J connectivity index is 1.32. The average Bonchev–Trinajstić information content (AvgIpc) is 3.25. The SMILES string of the molecule is O=C(C(c1ccccc1)c1ccccc1)N1CC(c2nc(-c3cnccn3)no2)C1. The van der Waals surface area contributed by atoms with E-state index in [1.165, 1.54) is 0 Å². The van der Waals surface area contributed by atoms with Gasteiger partial charge < -0.3 is 9.42 Å². The van der Waals surface area contributed by atoms with E-state index >= 15 is 0 Å². The molecule has 0 spiro atoms. The Morgan fingerprint density at radius 3 is 2.23 bits per heavy atom. The van der Waals surface area contributed by atoms with Gasteiger partial charge in [0.15, 0.2) is 0 Å². The maximum Gasteiger partial charge on any atom is 0.234 e. The van der Waals surface area contributed by atoms with Crippen LogP contribution in [0.25, 0.3) is 11.5 Å². The van der Waals surface area contributed by atoms with E-state index in [1.54, 1.807) is 18.6 Å². The Morgan fingerprint density at radius 2 is 1.63 bits per heavy atom. The summed E-state index contributed by atoms with van der Waals surface area (Å²) in [5, 5.41) is 4.00. The summed E-state index contributed by atoms with van der Waals surface area (Å²) in [6.45, 7) is 1.11. The van der Waals surface area contributed by atoms with Gasteiger partial charge in [0.1, 0.15) is 5.69 Å². The number of likely N-dealkylation sites (tertiary alicyclic amines) is 1. The monoisotopic (exact) mass is 397 g/mol. The molecule has 0 atom stereocenters. The third-order valence-corrected chi connectivity index (χ3v) is 5.29. The molecule has 1 aliphatic heterocycles. The molecule has 30 heavy (non-hydrogen) atoms. The molecule has 0 unspecified atom stereocenters. The van der Waals surface area contributed by atoms with Gasteiger partial charge in [-0.3, -0.25) is 9.78 Å². The Labute approximate surface area is 173 Å². The van der Waals surface area contributed by atoms with Gasteiger partial charge in [-0.1, -0.05) is 65.8 Å². The van der Waals surface area contributed by atoms with Crippen LogP contribution in [-0.4, -0.2) is 44.0 Å². The fourth-order valence-corrected chi connectivity index (χ4v) is 3.69. The van der Waals surface area contributed by atoms with Gasteiger partial charge in [0.2, 0.25) is 17.6 Å². The van der Waals surface area contributed by atoms with Gasteiger partial charge in [0.25, 0.3) is 0 Å². The smallest absolute Gasteiger partial charge is 0.234 e. The fraction of sp³-hybridized carbons (Fsp3) is 0.174. The second-order valence-electron chi connectivity index (χ2n) is 7.24. The molecule has 0 N–H and O–H groups in total. The highest BCUT2D eigenvalue weighted by Crippen LogP contribution is 2.33. The number of rotatable bonds is 5. The number of hydrogen-bond acceptors (Lipinski definition) is 6. The highest BCUT2D eigenvalue weighted by molar-refractivity contribution is 5.88. The van der Waals surface area contributed by atoms with Gasteiger partial charge in [0.05, 0.1) is 18.0 Å². The van der Waals surface area contributed by atoms with Crippen molar-refractivity contribution in [2.45, 2.75) is 11.8 Å². The predicted molar refractivity (Wildman–Crippen MR) is 109 cm³/mol. The molecule has 7 heteroatoms. The van der Waals surface area contributed by atoms with E-state index in [0.717, 1.165) is 11.1 Å². The molecule has 5 rings (SSSR count). The minimum Gasteiger partial charge on any atom is -0.340 e. The van der Waals surface area contributed by atoms with E-state index in [4.69, 9.17) is 4.52 Å². The zero-order chi connectivity index (χ0) is 20.3. The lowest BCUT2D eigenvalue weighted by molar-refractivity contribution is -0.136. The molecule has 7 nitrogen and oxygen atoms in total. The largest absolute Gasteiger partial charge is 0.340 e. The van der Waals surface area contributed by atoms with Crippen molar-refractivity contribution < 1.29 is 9.32 Å². The van der Waals surface area contributed by atoms with E-state index in [-0.39, 0.29) is 17.7 Å². The Bertz CT molecular complexity index is 1090. The first-order chi connectivity index (χ1) is 14.8. The van der Waals surface area contributed by atoms with Crippen molar-refractivity contribution in [3.8, 4) is 11.5 Å². The molecule has 0 bridgehead atoms. The molecule has 3 heterocycles. The topological polar surface area (TPSA) is 85.0 Å². The lowest BCUT2D eigenvalue weighted by atomic mass is 9.88. The Morgan fingerprint density at radius 1 is 0.967 bits per heavy atom. The van der Waals surface area contributed by atoms with Crippen LogP contribution < -0.4 is 0 Å². The molecule has 148 valence electrons.